The van der Waals surface area contributed by atoms with Gasteiger partial charge in [0.1, 0.15) is 10.6 Å². The van der Waals surface area contributed by atoms with E-state index in [4.69, 9.17) is 27.9 Å². The Bertz CT molecular complexity index is 1220. The molecule has 32 heavy (non-hydrogen) atoms. The molecule has 6 nitrogen and oxygen atoms in total. The predicted molar refractivity (Wildman–Crippen MR) is 129 cm³/mol. The van der Waals surface area contributed by atoms with Gasteiger partial charge >= 0.3 is 0 Å². The number of hydrogen-bond donors (Lipinski definition) is 1. The molecule has 0 aromatic heterocycles. The number of nitrogens with one attached hydrogen (secondary N) is 1. The van der Waals surface area contributed by atoms with E-state index in [0.29, 0.717) is 23.7 Å². The summed E-state index contributed by atoms with van der Waals surface area (Å²) in [4.78, 5) is 12.8. The van der Waals surface area contributed by atoms with Crippen LogP contribution in [0.4, 0.5) is 11.4 Å². The summed E-state index contributed by atoms with van der Waals surface area (Å²) >= 11 is 12.5. The zero-order valence-corrected chi connectivity index (χ0v) is 19.8. The molecular weight excluding hydrogens is 471 g/mol. The number of nitrogens with zero attached hydrogens (tertiary/aromatic N) is 1. The average Bonchev–Trinajstić information content (AvgIpc) is 2.76. The second-order valence-electron chi connectivity index (χ2n) is 6.65. The van der Waals surface area contributed by atoms with E-state index in [1.54, 1.807) is 61.5 Å². The Kier molecular flexibility index (Phi) is 7.66. The van der Waals surface area contributed by atoms with Gasteiger partial charge in [-0.15, -0.1) is 0 Å². The summed E-state index contributed by atoms with van der Waals surface area (Å²) in [5, 5.41) is 2.68. The third-order valence-corrected chi connectivity index (χ3v) is 7.28. The van der Waals surface area contributed by atoms with Gasteiger partial charge in [0.2, 0.25) is 0 Å². The van der Waals surface area contributed by atoms with Crippen molar-refractivity contribution in [2.75, 3.05) is 22.8 Å². The molecule has 0 spiro atoms. The van der Waals surface area contributed by atoms with Gasteiger partial charge in [0, 0.05) is 6.54 Å². The summed E-state index contributed by atoms with van der Waals surface area (Å²) in [7, 11) is -4.06. The monoisotopic (exact) mass is 492 g/mol. The van der Waals surface area contributed by atoms with Crippen LogP contribution in [0.15, 0.2) is 71.6 Å². The summed E-state index contributed by atoms with van der Waals surface area (Å²) in [6.07, 6.45) is 0. The summed E-state index contributed by atoms with van der Waals surface area (Å²) in [5.41, 5.74) is 0.900. The molecule has 3 aromatic rings. The lowest BCUT2D eigenvalue weighted by Gasteiger charge is -2.24. The van der Waals surface area contributed by atoms with Crippen LogP contribution in [0, 0.1) is 0 Å². The van der Waals surface area contributed by atoms with Crippen molar-refractivity contribution in [2.24, 2.45) is 0 Å². The van der Waals surface area contributed by atoms with Gasteiger partial charge in [0.15, 0.2) is 0 Å². The van der Waals surface area contributed by atoms with Crippen molar-refractivity contribution in [2.45, 2.75) is 18.7 Å². The third kappa shape index (κ3) is 5.01. The van der Waals surface area contributed by atoms with Gasteiger partial charge in [0.05, 0.1) is 33.6 Å². The van der Waals surface area contributed by atoms with E-state index in [0.717, 1.165) is 0 Å². The van der Waals surface area contributed by atoms with Crippen molar-refractivity contribution in [1.29, 1.82) is 0 Å². The Morgan fingerprint density at radius 3 is 2.28 bits per heavy atom. The fraction of sp³-hybridized carbons (Fsp3) is 0.174. The Labute approximate surface area is 197 Å². The molecule has 1 N–H and O–H groups in total. The number of sulfonamides is 1. The molecule has 3 aromatic carbocycles. The number of hydrogen-bond acceptors (Lipinski definition) is 4. The lowest BCUT2D eigenvalue weighted by atomic mass is 10.2. The van der Waals surface area contributed by atoms with E-state index < -0.39 is 15.9 Å². The van der Waals surface area contributed by atoms with E-state index in [2.05, 4.69) is 5.32 Å². The van der Waals surface area contributed by atoms with Gasteiger partial charge < -0.3 is 10.1 Å². The topological polar surface area (TPSA) is 75.7 Å². The molecule has 168 valence electrons. The molecule has 0 aliphatic rings. The SMILES string of the molecule is CCOc1ccccc1NC(=O)c1cc(S(=O)(=O)N(CC)c2ccccc2)c(Cl)cc1Cl. The Morgan fingerprint density at radius 2 is 1.62 bits per heavy atom. The van der Waals surface area contributed by atoms with Gasteiger partial charge in [-0.3, -0.25) is 9.10 Å². The van der Waals surface area contributed by atoms with Crippen LogP contribution in [0.25, 0.3) is 0 Å². The van der Waals surface area contributed by atoms with Crippen LogP contribution < -0.4 is 14.4 Å². The highest BCUT2D eigenvalue weighted by atomic mass is 35.5. The molecule has 0 aliphatic heterocycles. The molecule has 0 atom stereocenters. The number of carbonyl (C=O) groups excluding carboxylic acids is 1. The Balaban J connectivity index is 2.01. The normalized spacial score (nSPS) is 11.1. The molecular formula is C23H22Cl2N2O4S. The fourth-order valence-corrected chi connectivity index (χ4v) is 5.46. The van der Waals surface area contributed by atoms with Crippen molar-refractivity contribution in [3.05, 3.63) is 82.3 Å². The highest BCUT2D eigenvalue weighted by molar-refractivity contribution is 7.93. The molecule has 0 aliphatic carbocycles. The van der Waals surface area contributed by atoms with E-state index in [1.807, 2.05) is 6.92 Å². The first-order valence-electron chi connectivity index (χ1n) is 9.89. The average molecular weight is 493 g/mol. The largest absolute Gasteiger partial charge is 0.492 e. The summed E-state index contributed by atoms with van der Waals surface area (Å²) < 4.78 is 33.6. The minimum absolute atomic E-state index is 0.0231. The first-order valence-corrected chi connectivity index (χ1v) is 12.1. The van der Waals surface area contributed by atoms with E-state index >= 15 is 0 Å². The molecule has 9 heteroatoms. The molecule has 0 unspecified atom stereocenters. The van der Waals surface area contributed by atoms with Gasteiger partial charge in [-0.2, -0.15) is 0 Å². The lowest BCUT2D eigenvalue weighted by molar-refractivity contribution is 0.102. The highest BCUT2D eigenvalue weighted by Crippen LogP contribution is 2.33. The van der Waals surface area contributed by atoms with Crippen LogP contribution >= 0.6 is 23.2 Å². The van der Waals surface area contributed by atoms with Gasteiger partial charge in [0.25, 0.3) is 15.9 Å². The summed E-state index contributed by atoms with van der Waals surface area (Å²) in [6.45, 7) is 4.14. The maximum absolute atomic E-state index is 13.4. The van der Waals surface area contributed by atoms with Crippen LogP contribution in [0.1, 0.15) is 24.2 Å². The van der Waals surface area contributed by atoms with Crippen LogP contribution in [-0.4, -0.2) is 27.5 Å². The van der Waals surface area contributed by atoms with Crippen LogP contribution in [0.3, 0.4) is 0 Å². The second kappa shape index (κ2) is 10.3. The standard InChI is InChI=1S/C23H22Cl2N2O4S/c1-3-27(16-10-6-5-7-11-16)32(29,30)22-14-17(18(24)15-19(22)25)23(28)26-20-12-8-9-13-21(20)31-4-2/h5-15H,3-4H2,1-2H3,(H,26,28). The minimum Gasteiger partial charge on any atom is -0.492 e. The quantitative estimate of drug-likeness (QED) is 0.427. The molecule has 0 heterocycles. The van der Waals surface area contributed by atoms with Gasteiger partial charge in [-0.1, -0.05) is 53.5 Å². The predicted octanol–water partition coefficient (Wildman–Crippen LogP) is 5.86. The van der Waals surface area contributed by atoms with Gasteiger partial charge in [-0.05, 0) is 50.2 Å². The number of benzene rings is 3. The van der Waals surface area contributed by atoms with Crippen LogP contribution in [0.2, 0.25) is 10.0 Å². The number of halogens is 2. The smallest absolute Gasteiger partial charge is 0.265 e. The number of anilines is 2. The lowest BCUT2D eigenvalue weighted by Crippen LogP contribution is -2.31. The fourth-order valence-electron chi connectivity index (χ4n) is 3.15. The maximum Gasteiger partial charge on any atom is 0.265 e. The van der Waals surface area contributed by atoms with E-state index in [9.17, 15) is 13.2 Å². The van der Waals surface area contributed by atoms with Crippen molar-refractivity contribution < 1.29 is 17.9 Å². The second-order valence-corrected chi connectivity index (χ2v) is 9.30. The number of ether oxygens (including phenoxy) is 1. The molecule has 3 rings (SSSR count). The number of rotatable bonds is 8. The molecule has 0 fully saturated rings. The minimum atomic E-state index is -4.06. The van der Waals surface area contributed by atoms with Crippen molar-refractivity contribution in [3.8, 4) is 5.75 Å². The highest BCUT2D eigenvalue weighted by Gasteiger charge is 2.28. The maximum atomic E-state index is 13.4. The third-order valence-electron chi connectivity index (χ3n) is 4.60. The summed E-state index contributed by atoms with van der Waals surface area (Å²) in [6, 6.07) is 18.0. The molecule has 0 bridgehead atoms. The molecule has 0 saturated carbocycles. The van der Waals surface area contributed by atoms with Crippen LogP contribution in [-0.2, 0) is 10.0 Å². The first kappa shape index (κ1) is 23.9. The molecule has 1 amide bonds. The Hall–Kier alpha value is -2.74. The van der Waals surface area contributed by atoms with Crippen LogP contribution in [0.5, 0.6) is 5.75 Å². The zero-order valence-electron chi connectivity index (χ0n) is 17.5. The Morgan fingerprint density at radius 1 is 0.969 bits per heavy atom. The number of carbonyl (C=O) groups is 1. The van der Waals surface area contributed by atoms with Crippen molar-refractivity contribution in [1.82, 2.24) is 0 Å². The number of amides is 1. The van der Waals surface area contributed by atoms with E-state index in [1.165, 1.54) is 16.4 Å². The molecule has 0 saturated heterocycles. The number of para-hydroxylation sites is 3. The summed E-state index contributed by atoms with van der Waals surface area (Å²) in [5.74, 6) is -0.0967. The first-order chi connectivity index (χ1) is 15.3. The zero-order chi connectivity index (χ0) is 23.3. The van der Waals surface area contributed by atoms with E-state index in [-0.39, 0.29) is 27.0 Å². The molecule has 0 radical (unpaired) electrons. The van der Waals surface area contributed by atoms with Crippen molar-refractivity contribution in [3.63, 3.8) is 0 Å². The van der Waals surface area contributed by atoms with Crippen molar-refractivity contribution >= 4 is 50.5 Å². The van der Waals surface area contributed by atoms with Gasteiger partial charge in [-0.25, -0.2) is 8.42 Å².